The van der Waals surface area contributed by atoms with Crippen LogP contribution >= 0.6 is 0 Å². The number of halogens is 2. The van der Waals surface area contributed by atoms with Gasteiger partial charge in [0, 0.05) is 5.56 Å². The second-order valence-corrected chi connectivity index (χ2v) is 11.3. The summed E-state index contributed by atoms with van der Waals surface area (Å²) >= 11 is 0. The lowest BCUT2D eigenvalue weighted by atomic mass is 9.82. The van der Waals surface area contributed by atoms with E-state index in [1.807, 2.05) is 51.1 Å². The van der Waals surface area contributed by atoms with Gasteiger partial charge in [-0.15, -0.1) is 0 Å². The van der Waals surface area contributed by atoms with E-state index >= 15 is 4.39 Å². The third-order valence-electron chi connectivity index (χ3n) is 7.08. The number of ether oxygens (including phenoxy) is 2. The molecule has 0 aromatic heterocycles. The summed E-state index contributed by atoms with van der Waals surface area (Å²) in [5, 5.41) is 9.39. The lowest BCUT2D eigenvalue weighted by Gasteiger charge is -2.27. The molecule has 0 aliphatic heterocycles. The molecule has 3 aromatic carbocycles. The summed E-state index contributed by atoms with van der Waals surface area (Å²) in [5.74, 6) is 0.426. The highest BCUT2D eigenvalue weighted by atomic mass is 19.1. The van der Waals surface area contributed by atoms with Crippen molar-refractivity contribution in [3.05, 3.63) is 83.2 Å². The van der Waals surface area contributed by atoms with E-state index in [0.717, 1.165) is 30.4 Å². The van der Waals surface area contributed by atoms with Crippen molar-refractivity contribution in [2.45, 2.75) is 65.2 Å². The molecule has 1 fully saturated rings. The van der Waals surface area contributed by atoms with Gasteiger partial charge in [-0.3, -0.25) is 4.79 Å². The van der Waals surface area contributed by atoms with Crippen LogP contribution in [0.1, 0.15) is 75.2 Å². The van der Waals surface area contributed by atoms with Crippen LogP contribution in [0.3, 0.4) is 0 Å². The van der Waals surface area contributed by atoms with Crippen molar-refractivity contribution in [1.82, 2.24) is 0 Å². The Bertz CT molecular complexity index is 1280. The number of carboxylic acids is 1. The Labute approximate surface area is 223 Å². The molecule has 1 N–H and O–H groups in total. The van der Waals surface area contributed by atoms with Crippen molar-refractivity contribution in [2.24, 2.45) is 11.3 Å². The van der Waals surface area contributed by atoms with Crippen LogP contribution in [0.15, 0.2) is 60.7 Å². The van der Waals surface area contributed by atoms with E-state index in [0.29, 0.717) is 28.5 Å². The molecule has 0 radical (unpaired) electrons. The van der Waals surface area contributed by atoms with E-state index in [1.54, 1.807) is 18.2 Å². The second kappa shape index (κ2) is 11.5. The molecule has 1 aliphatic carbocycles. The Kier molecular flexibility index (Phi) is 8.39. The number of carboxylic acid groups (broad SMARTS) is 1. The van der Waals surface area contributed by atoms with Crippen molar-refractivity contribution in [3.8, 4) is 22.6 Å². The number of hydrogen-bond donors (Lipinski definition) is 1. The first-order valence-corrected chi connectivity index (χ1v) is 13.1. The first kappa shape index (κ1) is 27.6. The molecule has 6 heteroatoms. The number of methoxy groups -OCH3 is 1. The van der Waals surface area contributed by atoms with Gasteiger partial charge in [0.2, 0.25) is 0 Å². The Morgan fingerprint density at radius 3 is 2.45 bits per heavy atom. The summed E-state index contributed by atoms with van der Waals surface area (Å²) in [5.41, 5.74) is 2.17. The molecule has 0 heterocycles. The van der Waals surface area contributed by atoms with Crippen LogP contribution in [0.5, 0.6) is 11.5 Å². The van der Waals surface area contributed by atoms with Gasteiger partial charge >= 0.3 is 5.97 Å². The Balaban J connectivity index is 1.60. The molecule has 0 amide bonds. The molecule has 38 heavy (non-hydrogen) atoms. The molecular weight excluding hydrogens is 486 g/mol. The predicted octanol–water partition coefficient (Wildman–Crippen LogP) is 8.50. The van der Waals surface area contributed by atoms with Crippen LogP contribution in [0.25, 0.3) is 11.1 Å². The molecular formula is C32H36F2O4. The zero-order valence-electron chi connectivity index (χ0n) is 22.5. The average Bonchev–Trinajstić information content (AvgIpc) is 3.70. The standard InChI is InChI=1S/C32H36F2O4/c1-32(2,3)31(34)28-15-21(10-12-26(28)27-18-24(37-4)11-13-29(27)33)19-38-25-7-5-6-22(16-25)23(17-30(35)36)14-20-8-9-20/h5-7,10-13,15-16,18,20,23,31H,8-9,14,17,19H2,1-4H3,(H,35,36). The van der Waals surface area contributed by atoms with Gasteiger partial charge in [-0.2, -0.15) is 0 Å². The fourth-order valence-corrected chi connectivity index (χ4v) is 4.79. The van der Waals surface area contributed by atoms with Gasteiger partial charge in [0.25, 0.3) is 0 Å². The van der Waals surface area contributed by atoms with Gasteiger partial charge in [-0.1, -0.05) is 57.9 Å². The summed E-state index contributed by atoms with van der Waals surface area (Å²) in [6.45, 7) is 5.63. The van der Waals surface area contributed by atoms with Gasteiger partial charge in [0.05, 0.1) is 13.5 Å². The van der Waals surface area contributed by atoms with Gasteiger partial charge < -0.3 is 14.6 Å². The molecule has 2 atom stereocenters. The van der Waals surface area contributed by atoms with Crippen molar-refractivity contribution < 1.29 is 28.2 Å². The minimum absolute atomic E-state index is 0.0497. The molecule has 0 saturated heterocycles. The summed E-state index contributed by atoms with van der Waals surface area (Å²) in [7, 11) is 1.51. The molecule has 0 spiro atoms. The van der Waals surface area contributed by atoms with Crippen LogP contribution in [0.4, 0.5) is 8.78 Å². The molecule has 202 valence electrons. The van der Waals surface area contributed by atoms with Crippen molar-refractivity contribution in [2.75, 3.05) is 7.11 Å². The molecule has 1 aliphatic rings. The largest absolute Gasteiger partial charge is 0.497 e. The Hall–Kier alpha value is -3.41. The van der Waals surface area contributed by atoms with Gasteiger partial charge in [-0.25, -0.2) is 8.78 Å². The number of carbonyl (C=O) groups is 1. The quantitative estimate of drug-likeness (QED) is 0.274. The zero-order valence-corrected chi connectivity index (χ0v) is 22.5. The molecule has 3 aromatic rings. The summed E-state index contributed by atoms with van der Waals surface area (Å²) in [4.78, 5) is 11.4. The second-order valence-electron chi connectivity index (χ2n) is 11.3. The molecule has 2 unspecified atom stereocenters. The number of aliphatic carboxylic acids is 1. The topological polar surface area (TPSA) is 55.8 Å². The summed E-state index contributed by atoms with van der Waals surface area (Å²) in [6.07, 6.45) is 1.94. The molecule has 4 rings (SSSR count). The predicted molar refractivity (Wildman–Crippen MR) is 145 cm³/mol. The first-order valence-electron chi connectivity index (χ1n) is 13.1. The highest BCUT2D eigenvalue weighted by Crippen LogP contribution is 2.43. The van der Waals surface area contributed by atoms with Crippen LogP contribution < -0.4 is 9.47 Å². The SMILES string of the molecule is COc1ccc(F)c(-c2ccc(COc3cccc(C(CC(=O)O)CC4CC4)c3)cc2C(F)C(C)(C)C)c1. The smallest absolute Gasteiger partial charge is 0.303 e. The molecule has 4 nitrogen and oxygen atoms in total. The summed E-state index contributed by atoms with van der Waals surface area (Å²) in [6, 6.07) is 17.3. The van der Waals surface area contributed by atoms with Crippen LogP contribution in [-0.2, 0) is 11.4 Å². The third-order valence-corrected chi connectivity index (χ3v) is 7.08. The number of hydrogen-bond acceptors (Lipinski definition) is 3. The average molecular weight is 523 g/mol. The first-order chi connectivity index (χ1) is 18.0. The van der Waals surface area contributed by atoms with Crippen LogP contribution in [-0.4, -0.2) is 18.2 Å². The van der Waals surface area contributed by atoms with E-state index in [4.69, 9.17) is 9.47 Å². The lowest BCUT2D eigenvalue weighted by molar-refractivity contribution is -0.137. The number of rotatable bonds is 11. The Morgan fingerprint density at radius 2 is 1.79 bits per heavy atom. The summed E-state index contributed by atoms with van der Waals surface area (Å²) < 4.78 is 41.9. The highest BCUT2D eigenvalue weighted by molar-refractivity contribution is 5.70. The maximum atomic E-state index is 15.8. The minimum atomic E-state index is -1.34. The van der Waals surface area contributed by atoms with Gasteiger partial charge in [-0.05, 0) is 82.3 Å². The maximum Gasteiger partial charge on any atom is 0.303 e. The van der Waals surface area contributed by atoms with E-state index in [1.165, 1.54) is 19.2 Å². The number of benzene rings is 3. The van der Waals surface area contributed by atoms with E-state index in [2.05, 4.69) is 0 Å². The van der Waals surface area contributed by atoms with Crippen LogP contribution in [0.2, 0.25) is 0 Å². The zero-order chi connectivity index (χ0) is 27.4. The Morgan fingerprint density at radius 1 is 1.03 bits per heavy atom. The molecule has 0 bridgehead atoms. The normalized spacial score (nSPS) is 15.1. The minimum Gasteiger partial charge on any atom is -0.497 e. The van der Waals surface area contributed by atoms with E-state index in [-0.39, 0.29) is 24.5 Å². The number of alkyl halides is 1. The van der Waals surface area contributed by atoms with E-state index < -0.39 is 23.4 Å². The van der Waals surface area contributed by atoms with Crippen molar-refractivity contribution >= 4 is 5.97 Å². The van der Waals surface area contributed by atoms with Crippen molar-refractivity contribution in [1.29, 1.82) is 0 Å². The van der Waals surface area contributed by atoms with Gasteiger partial charge in [0.1, 0.15) is 30.1 Å². The third kappa shape index (κ3) is 6.91. The van der Waals surface area contributed by atoms with Crippen molar-refractivity contribution in [3.63, 3.8) is 0 Å². The van der Waals surface area contributed by atoms with Crippen LogP contribution in [0, 0.1) is 17.2 Å². The monoisotopic (exact) mass is 522 g/mol. The maximum absolute atomic E-state index is 15.8. The fourth-order valence-electron chi connectivity index (χ4n) is 4.79. The molecule has 1 saturated carbocycles. The van der Waals surface area contributed by atoms with Gasteiger partial charge in [0.15, 0.2) is 0 Å². The highest BCUT2D eigenvalue weighted by Gasteiger charge is 2.30. The fraction of sp³-hybridized carbons (Fsp3) is 0.406. The van der Waals surface area contributed by atoms with E-state index in [9.17, 15) is 14.3 Å². The lowest BCUT2D eigenvalue weighted by Crippen LogP contribution is -2.15.